The van der Waals surface area contributed by atoms with E-state index in [1.165, 1.54) is 32.4 Å². The van der Waals surface area contributed by atoms with Crippen LogP contribution in [0.3, 0.4) is 0 Å². The molecule has 3 rings (SSSR count). The van der Waals surface area contributed by atoms with Crippen LogP contribution in [0.1, 0.15) is 39.0 Å². The van der Waals surface area contributed by atoms with Gasteiger partial charge in [-0.15, -0.1) is 0 Å². The first-order valence-electron chi connectivity index (χ1n) is 18.3. The predicted molar refractivity (Wildman–Crippen MR) is 192 cm³/mol. The summed E-state index contributed by atoms with van der Waals surface area (Å²) in [6, 6.07) is 1.33. The Morgan fingerprint density at radius 3 is 2.33 bits per heavy atom. The van der Waals surface area contributed by atoms with Crippen LogP contribution < -0.4 is 31.3 Å². The van der Waals surface area contributed by atoms with Crippen molar-refractivity contribution >= 4 is 53.5 Å². The Kier molecular flexibility index (Phi) is 17.7. The number of ether oxygens (including phenoxy) is 4. The Labute approximate surface area is 327 Å². The van der Waals surface area contributed by atoms with E-state index in [0.29, 0.717) is 12.8 Å². The summed E-state index contributed by atoms with van der Waals surface area (Å²) in [7, 11) is 2.97. The smallest absolute Gasteiger partial charge is 0.335 e. The van der Waals surface area contributed by atoms with Crippen molar-refractivity contribution in [3.05, 3.63) is 35.9 Å². The molecule has 0 saturated carbocycles. The van der Waals surface area contributed by atoms with Crippen molar-refractivity contribution in [3.8, 4) is 5.75 Å². The summed E-state index contributed by atoms with van der Waals surface area (Å²) in [6.07, 6.45) is -8.51. The van der Waals surface area contributed by atoms with Crippen LogP contribution in [0.15, 0.2) is 30.4 Å². The average Bonchev–Trinajstić information content (AvgIpc) is 3.51. The van der Waals surface area contributed by atoms with Gasteiger partial charge in [0.1, 0.15) is 42.8 Å². The van der Waals surface area contributed by atoms with E-state index in [2.05, 4.69) is 31.3 Å². The lowest BCUT2D eigenvalue weighted by atomic mass is 9.99. The van der Waals surface area contributed by atoms with E-state index in [1.807, 2.05) is 0 Å². The zero-order chi connectivity index (χ0) is 42.9. The molecule has 0 radical (unpaired) electrons. The van der Waals surface area contributed by atoms with Crippen LogP contribution >= 0.6 is 0 Å². The molecule has 1 aromatic rings. The highest BCUT2D eigenvalue weighted by atomic mass is 16.7. The zero-order valence-corrected chi connectivity index (χ0v) is 31.1. The fourth-order valence-corrected chi connectivity index (χ4v) is 5.62. The van der Waals surface area contributed by atoms with E-state index in [9.17, 15) is 58.8 Å². The van der Waals surface area contributed by atoms with E-state index in [-0.39, 0.29) is 68.4 Å². The number of carboxylic acids is 1. The van der Waals surface area contributed by atoms with Gasteiger partial charge < -0.3 is 66.0 Å². The number of unbranched alkanes of at least 4 members (excludes halogenated alkanes) is 1. The Morgan fingerprint density at radius 2 is 1.68 bits per heavy atom. The number of likely N-dealkylation sites (N-methyl/N-ethyl adjacent to an activating group) is 1. The van der Waals surface area contributed by atoms with E-state index in [4.69, 9.17) is 15.6 Å². The maximum absolute atomic E-state index is 13.4. The van der Waals surface area contributed by atoms with E-state index in [0.717, 1.165) is 17.1 Å². The normalized spacial score (nSPS) is 21.5. The molecule has 0 aliphatic carbocycles. The monoisotopic (exact) mass is 809 g/mol. The van der Waals surface area contributed by atoms with Gasteiger partial charge in [0.15, 0.2) is 7.47 Å². The summed E-state index contributed by atoms with van der Waals surface area (Å²) in [5.41, 5.74) is 0.118. The van der Waals surface area contributed by atoms with Crippen LogP contribution in [0.5, 0.6) is 5.75 Å². The van der Waals surface area contributed by atoms with Gasteiger partial charge in [-0.1, -0.05) is 6.07 Å². The second-order valence-corrected chi connectivity index (χ2v) is 12.7. The molecule has 0 spiro atoms. The van der Waals surface area contributed by atoms with E-state index < -0.39 is 91.3 Å². The quantitative estimate of drug-likeness (QED) is 0.0293. The standard InChI is InChI=1S/C35H48N6O16/c1-36-16-22(41-26(45)8-9-27(41)46)33(51)40-20(5-3-4-12-37-24(43)11-14-54-2)32(50)38-13-10-25(44)39-21-15-19(17-55-18-42)6-7-23(21)56-35-30(49)28(47)29(48)31(57-35)34(52)53/h6-9,15,18,20,22,28-31,35-36,47-49H,3-5,10-14,16-17H2,1-2H3,(H,37,43)(H,38,50)(H,39,44)(H,40,51)(H,52,53)/t20-,22-,28-,29-,30+,31-,35+/m0/s1/i18D. The third kappa shape index (κ3) is 13.6. The lowest BCUT2D eigenvalue weighted by Crippen LogP contribution is -2.61. The minimum Gasteiger partial charge on any atom is -0.479 e. The molecule has 314 valence electrons. The molecule has 9 N–H and O–H groups in total. The first-order valence-corrected chi connectivity index (χ1v) is 17.8. The fourth-order valence-electron chi connectivity index (χ4n) is 5.62. The van der Waals surface area contributed by atoms with Gasteiger partial charge in [-0.05, 0) is 44.0 Å². The molecule has 0 bridgehead atoms. The molecule has 0 unspecified atom stereocenters. The zero-order valence-electron chi connectivity index (χ0n) is 32.1. The summed E-state index contributed by atoms with van der Waals surface area (Å²) in [5, 5.41) is 53.1. The molecule has 1 fully saturated rings. The third-order valence-electron chi connectivity index (χ3n) is 8.59. The highest BCUT2D eigenvalue weighted by Gasteiger charge is 2.48. The van der Waals surface area contributed by atoms with Gasteiger partial charge >= 0.3 is 5.97 Å². The Hall–Kier alpha value is -5.52. The molecular formula is C35H48N6O16. The number of aliphatic hydroxyl groups excluding tert-OH is 3. The number of nitrogens with one attached hydrogen (secondary N) is 5. The van der Waals surface area contributed by atoms with Crippen LogP contribution in [0.2, 0.25) is 0 Å². The van der Waals surface area contributed by atoms with E-state index in [1.54, 1.807) is 0 Å². The number of carbonyl (C=O) groups excluding carboxylic acids is 7. The van der Waals surface area contributed by atoms with Crippen LogP contribution in [0.4, 0.5) is 5.69 Å². The summed E-state index contributed by atoms with van der Waals surface area (Å²) in [4.78, 5) is 100.0. The number of methoxy groups -OCH3 is 1. The van der Waals surface area contributed by atoms with E-state index >= 15 is 0 Å². The maximum atomic E-state index is 13.4. The third-order valence-corrected chi connectivity index (χ3v) is 8.59. The second kappa shape index (κ2) is 22.9. The minimum atomic E-state index is -2.00. The van der Waals surface area contributed by atoms with Crippen molar-refractivity contribution in [2.75, 3.05) is 45.7 Å². The molecule has 2 aliphatic heterocycles. The number of nitrogens with zero attached hydrogens (tertiary/aromatic N) is 1. The van der Waals surface area contributed by atoms with Gasteiger partial charge in [0, 0.05) is 51.7 Å². The number of hydrogen-bond acceptors (Lipinski definition) is 16. The van der Waals surface area contributed by atoms with Gasteiger partial charge in [0.2, 0.25) is 29.9 Å². The van der Waals surface area contributed by atoms with Crippen molar-refractivity contribution in [3.63, 3.8) is 0 Å². The number of carboxylic acid groups (broad SMARTS) is 1. The number of rotatable bonds is 23. The molecule has 0 aromatic heterocycles. The van der Waals surface area contributed by atoms with Crippen molar-refractivity contribution in [1.29, 1.82) is 0 Å². The van der Waals surface area contributed by atoms with Crippen molar-refractivity contribution in [1.82, 2.24) is 26.2 Å². The predicted octanol–water partition coefficient (Wildman–Crippen LogP) is -3.60. The largest absolute Gasteiger partial charge is 0.479 e. The molecule has 2 aliphatic rings. The Bertz CT molecular complexity index is 1680. The first kappa shape index (κ1) is 44.2. The number of hydrogen-bond donors (Lipinski definition) is 9. The number of aliphatic hydroxyl groups is 3. The second-order valence-electron chi connectivity index (χ2n) is 12.7. The van der Waals surface area contributed by atoms with Crippen molar-refractivity contribution in [2.45, 2.75) is 81.5 Å². The Morgan fingerprint density at radius 1 is 0.965 bits per heavy atom. The highest BCUT2D eigenvalue weighted by molar-refractivity contribution is 6.15. The van der Waals surface area contributed by atoms with Gasteiger partial charge in [0.05, 0.1) is 12.3 Å². The fraction of sp³-hybridized carbons (Fsp3) is 0.543. The molecule has 7 atom stereocenters. The van der Waals surface area contributed by atoms with Gasteiger partial charge in [-0.3, -0.25) is 38.5 Å². The van der Waals surface area contributed by atoms with Crippen LogP contribution in [0, 0.1) is 0 Å². The SMILES string of the molecule is [2H]C(=O)OCc1ccc(O[C@@H]2O[C@H](C(=O)O)[C@@H](O)[C@H](O)[C@H]2O)c(NC(=O)CCNC(=O)[C@H](CCCCNC(=O)CCOC)NC(=O)[C@H](CNC)N2C(=O)C=CC2=O)c1. The summed E-state index contributed by atoms with van der Waals surface area (Å²) in [6.45, 7) is -0.321. The summed E-state index contributed by atoms with van der Waals surface area (Å²) >= 11 is 0. The number of aliphatic carboxylic acids is 1. The molecule has 57 heavy (non-hydrogen) atoms. The Balaban J connectivity index is 1.71. The number of imide groups is 1. The number of anilines is 1. The van der Waals surface area contributed by atoms with Crippen LogP contribution in [0.25, 0.3) is 0 Å². The van der Waals surface area contributed by atoms with Crippen molar-refractivity contribution in [2.24, 2.45) is 0 Å². The molecular weight excluding hydrogens is 760 g/mol. The lowest BCUT2D eigenvalue weighted by Gasteiger charge is -2.38. The molecule has 1 saturated heterocycles. The first-order chi connectivity index (χ1) is 27.6. The average molecular weight is 810 g/mol. The summed E-state index contributed by atoms with van der Waals surface area (Å²) < 4.78 is 27.3. The van der Waals surface area contributed by atoms with Crippen LogP contribution in [-0.4, -0.2) is 156 Å². The summed E-state index contributed by atoms with van der Waals surface area (Å²) in [5.74, 6) is -5.81. The number of amides is 6. The topological polar surface area (TPSA) is 318 Å². The minimum absolute atomic E-state index is 0.0596. The highest BCUT2D eigenvalue weighted by Crippen LogP contribution is 2.31. The van der Waals surface area contributed by atoms with Gasteiger partial charge in [-0.25, -0.2) is 4.79 Å². The number of benzene rings is 1. The number of carbonyl (C=O) groups is 8. The van der Waals surface area contributed by atoms with Gasteiger partial charge in [0.25, 0.3) is 18.3 Å². The molecule has 22 heteroatoms. The van der Waals surface area contributed by atoms with Crippen LogP contribution in [-0.2, 0) is 59.2 Å². The molecule has 1 aromatic carbocycles. The molecule has 22 nitrogen and oxygen atoms in total. The maximum Gasteiger partial charge on any atom is 0.335 e. The molecule has 6 amide bonds. The molecule has 2 heterocycles. The lowest BCUT2D eigenvalue weighted by molar-refractivity contribution is -0.271. The van der Waals surface area contributed by atoms with Gasteiger partial charge in [-0.2, -0.15) is 0 Å². The van der Waals surface area contributed by atoms with Crippen molar-refractivity contribution < 1.29 is 79.1 Å².